The van der Waals surface area contributed by atoms with Crippen molar-refractivity contribution in [3.63, 3.8) is 0 Å². The molecule has 0 bridgehead atoms. The number of aliphatic imine (C=N–C) groups is 1. The van der Waals surface area contributed by atoms with Crippen LogP contribution in [0.1, 0.15) is 39.3 Å². The molecule has 0 spiro atoms. The van der Waals surface area contributed by atoms with Crippen LogP contribution in [0.25, 0.3) is 0 Å². The topological polar surface area (TPSA) is 56.5 Å². The summed E-state index contributed by atoms with van der Waals surface area (Å²) in [7, 11) is 0. The summed E-state index contributed by atoms with van der Waals surface area (Å²) < 4.78 is 8.11. The van der Waals surface area contributed by atoms with Gasteiger partial charge < -0.3 is 4.74 Å². The second kappa shape index (κ2) is 6.98. The Morgan fingerprint density at radius 3 is 2.58 bits per heavy atom. The number of nitrogens with zero attached hydrogens (tertiary/aromatic N) is 3. The molecule has 5 nitrogen and oxygen atoms in total. The molecule has 1 aliphatic heterocycles. The maximum atomic E-state index is 13.0. The number of fused-ring (bicyclic) bond motifs is 1. The molecule has 0 amide bonds. The third kappa shape index (κ3) is 3.68. The summed E-state index contributed by atoms with van der Waals surface area (Å²) in [5, 5.41) is 5.28. The summed E-state index contributed by atoms with van der Waals surface area (Å²) >= 11 is 15.7. The highest BCUT2D eigenvalue weighted by Crippen LogP contribution is 2.41. The van der Waals surface area contributed by atoms with Crippen molar-refractivity contribution in [3.05, 3.63) is 44.5 Å². The summed E-state index contributed by atoms with van der Waals surface area (Å²) in [6, 6.07) is 4.88. The lowest BCUT2D eigenvalue weighted by atomic mass is 9.88. The van der Waals surface area contributed by atoms with Crippen molar-refractivity contribution < 1.29 is 9.53 Å². The van der Waals surface area contributed by atoms with E-state index in [1.807, 2.05) is 33.8 Å². The van der Waals surface area contributed by atoms with Crippen LogP contribution in [0.2, 0.25) is 10.0 Å². The Bertz CT molecular complexity index is 902. The number of benzene rings is 1. The zero-order valence-electron chi connectivity index (χ0n) is 14.8. The van der Waals surface area contributed by atoms with E-state index in [1.54, 1.807) is 23.0 Å². The largest absolute Gasteiger partial charge is 0.459 e. The van der Waals surface area contributed by atoms with E-state index in [2.05, 4.69) is 26.0 Å². The zero-order valence-corrected chi connectivity index (χ0v) is 17.9. The normalized spacial score (nSPS) is 19.7. The van der Waals surface area contributed by atoms with Gasteiger partial charge in [0.1, 0.15) is 11.5 Å². The van der Waals surface area contributed by atoms with Crippen molar-refractivity contribution in [2.75, 3.05) is 0 Å². The molecule has 0 fully saturated rings. The van der Waals surface area contributed by atoms with Crippen LogP contribution in [-0.4, -0.2) is 27.1 Å². The Hall–Kier alpha value is -1.37. The van der Waals surface area contributed by atoms with Gasteiger partial charge in [-0.15, -0.1) is 0 Å². The minimum absolute atomic E-state index is 0.355. The van der Waals surface area contributed by atoms with E-state index in [0.717, 1.165) is 10.0 Å². The molecule has 0 N–H and O–H groups in total. The Labute approximate surface area is 170 Å². The highest BCUT2D eigenvalue weighted by Gasteiger charge is 2.41. The highest BCUT2D eigenvalue weighted by atomic mass is 79.9. The molecule has 1 aliphatic rings. The van der Waals surface area contributed by atoms with Crippen molar-refractivity contribution in [1.29, 1.82) is 0 Å². The lowest BCUT2D eigenvalue weighted by Crippen LogP contribution is -2.39. The maximum absolute atomic E-state index is 13.0. The van der Waals surface area contributed by atoms with Crippen LogP contribution >= 0.6 is 39.1 Å². The number of hydrogen-bond donors (Lipinski definition) is 0. The number of halogens is 3. The molecule has 0 saturated carbocycles. The standard InChI is InChI=1S/C18H18BrCl2N3O2/c1-9-14(17(25)26-18(2,3)4)15(10-5-6-12(20)13(21)7-10)24-16(23-9)11(19)8-22-24/h5-8,14-15H,1-4H3. The maximum Gasteiger partial charge on any atom is 0.317 e. The number of hydrogen-bond acceptors (Lipinski definition) is 4. The lowest BCUT2D eigenvalue weighted by molar-refractivity contribution is -0.158. The van der Waals surface area contributed by atoms with Crippen LogP contribution in [0.5, 0.6) is 0 Å². The predicted octanol–water partition coefficient (Wildman–Crippen LogP) is 5.61. The van der Waals surface area contributed by atoms with Gasteiger partial charge in [0.25, 0.3) is 0 Å². The van der Waals surface area contributed by atoms with Crippen molar-refractivity contribution >= 4 is 56.6 Å². The molecule has 1 aromatic heterocycles. The summed E-state index contributed by atoms with van der Waals surface area (Å²) in [5.41, 5.74) is 0.857. The van der Waals surface area contributed by atoms with Gasteiger partial charge in [0.15, 0.2) is 5.82 Å². The van der Waals surface area contributed by atoms with Gasteiger partial charge >= 0.3 is 5.97 Å². The molecule has 2 atom stereocenters. The van der Waals surface area contributed by atoms with E-state index in [-0.39, 0.29) is 5.97 Å². The van der Waals surface area contributed by atoms with Crippen LogP contribution in [0.3, 0.4) is 0 Å². The lowest BCUT2D eigenvalue weighted by Gasteiger charge is -2.33. The third-order valence-electron chi connectivity index (χ3n) is 3.98. The molecule has 0 radical (unpaired) electrons. The first-order valence-corrected chi connectivity index (χ1v) is 9.59. The fraction of sp³-hybridized carbons (Fsp3) is 0.389. The van der Waals surface area contributed by atoms with Crippen LogP contribution in [0.4, 0.5) is 5.82 Å². The van der Waals surface area contributed by atoms with E-state index in [1.165, 1.54) is 0 Å². The van der Waals surface area contributed by atoms with Gasteiger partial charge in [0, 0.05) is 5.71 Å². The highest BCUT2D eigenvalue weighted by molar-refractivity contribution is 9.10. The second-order valence-electron chi connectivity index (χ2n) is 7.14. The fourth-order valence-corrected chi connectivity index (χ4v) is 3.61. The first-order valence-electron chi connectivity index (χ1n) is 8.04. The van der Waals surface area contributed by atoms with Crippen molar-refractivity contribution in [3.8, 4) is 0 Å². The number of ether oxygens (including phenoxy) is 1. The predicted molar refractivity (Wildman–Crippen MR) is 107 cm³/mol. The van der Waals surface area contributed by atoms with Crippen LogP contribution < -0.4 is 0 Å². The van der Waals surface area contributed by atoms with Gasteiger partial charge in [-0.3, -0.25) is 4.79 Å². The SMILES string of the molecule is CC1=Nc2c(Br)cnn2C(c2ccc(Cl)c(Cl)c2)C1C(=O)OC(C)(C)C. The molecule has 8 heteroatoms. The molecule has 2 unspecified atom stereocenters. The average molecular weight is 459 g/mol. The van der Waals surface area contributed by atoms with Gasteiger partial charge in [-0.25, -0.2) is 9.67 Å². The van der Waals surface area contributed by atoms with E-state index >= 15 is 0 Å². The van der Waals surface area contributed by atoms with Crippen molar-refractivity contribution in [2.45, 2.75) is 39.3 Å². The summed E-state index contributed by atoms with van der Waals surface area (Å²) in [5.74, 6) is -0.323. The molecule has 138 valence electrons. The molecular weight excluding hydrogens is 441 g/mol. The number of carbonyl (C=O) groups excluding carboxylic acids is 1. The Morgan fingerprint density at radius 1 is 1.27 bits per heavy atom. The Balaban J connectivity index is 2.14. The first-order chi connectivity index (χ1) is 12.1. The molecule has 3 rings (SSSR count). The van der Waals surface area contributed by atoms with Gasteiger partial charge in [-0.05, 0) is 61.3 Å². The fourth-order valence-electron chi connectivity index (χ4n) is 2.94. The molecule has 0 aliphatic carbocycles. The van der Waals surface area contributed by atoms with E-state index in [9.17, 15) is 4.79 Å². The third-order valence-corrected chi connectivity index (χ3v) is 5.28. The Kier molecular flexibility index (Phi) is 5.21. The molecule has 26 heavy (non-hydrogen) atoms. The smallest absolute Gasteiger partial charge is 0.317 e. The summed E-state index contributed by atoms with van der Waals surface area (Å²) in [6.07, 6.45) is 1.66. The first kappa shape index (κ1) is 19.4. The summed E-state index contributed by atoms with van der Waals surface area (Å²) in [4.78, 5) is 17.5. The van der Waals surface area contributed by atoms with Gasteiger partial charge in [0.05, 0.1) is 26.8 Å². The number of rotatable bonds is 2. The van der Waals surface area contributed by atoms with E-state index < -0.39 is 17.6 Å². The van der Waals surface area contributed by atoms with Gasteiger partial charge in [-0.1, -0.05) is 29.3 Å². The number of carbonyl (C=O) groups is 1. The molecular formula is C18H18BrCl2N3O2. The zero-order chi connectivity index (χ0) is 19.2. The van der Waals surface area contributed by atoms with Crippen LogP contribution in [-0.2, 0) is 9.53 Å². The van der Waals surface area contributed by atoms with Crippen molar-refractivity contribution in [1.82, 2.24) is 9.78 Å². The summed E-state index contributed by atoms with van der Waals surface area (Å²) in [6.45, 7) is 7.33. The minimum Gasteiger partial charge on any atom is -0.459 e. The van der Waals surface area contributed by atoms with Crippen molar-refractivity contribution in [2.24, 2.45) is 10.9 Å². The van der Waals surface area contributed by atoms with E-state index in [0.29, 0.717) is 21.6 Å². The molecule has 1 aromatic carbocycles. The van der Waals surface area contributed by atoms with Gasteiger partial charge in [0.2, 0.25) is 0 Å². The quantitative estimate of drug-likeness (QED) is 0.550. The monoisotopic (exact) mass is 457 g/mol. The van der Waals surface area contributed by atoms with E-state index in [4.69, 9.17) is 27.9 Å². The Morgan fingerprint density at radius 2 is 1.96 bits per heavy atom. The minimum atomic E-state index is -0.620. The molecule has 2 heterocycles. The van der Waals surface area contributed by atoms with Crippen LogP contribution in [0.15, 0.2) is 33.9 Å². The average Bonchev–Trinajstić information content (AvgIpc) is 2.88. The number of esters is 1. The molecule has 0 saturated heterocycles. The second-order valence-corrected chi connectivity index (χ2v) is 8.81. The van der Waals surface area contributed by atoms with Gasteiger partial charge in [-0.2, -0.15) is 5.10 Å². The molecule has 2 aromatic rings. The number of aromatic nitrogens is 2. The van der Waals surface area contributed by atoms with Crippen LogP contribution in [0, 0.1) is 5.92 Å².